The first-order valence-electron chi connectivity index (χ1n) is 12.7. The molecule has 0 bridgehead atoms. The van der Waals surface area contributed by atoms with Gasteiger partial charge in [0.15, 0.2) is 41.0 Å². The van der Waals surface area contributed by atoms with Gasteiger partial charge in [-0.15, -0.1) is 5.10 Å². The van der Waals surface area contributed by atoms with E-state index in [1.165, 1.54) is 26.0 Å². The van der Waals surface area contributed by atoms with Crippen molar-refractivity contribution in [3.8, 4) is 17.3 Å². The molecule has 16 heteroatoms. The zero-order chi connectivity index (χ0) is 28.8. The Hall–Kier alpha value is -4.99. The predicted molar refractivity (Wildman–Crippen MR) is 142 cm³/mol. The molecule has 14 nitrogen and oxygen atoms in total. The number of carboxylic acid groups (broad SMARTS) is 1. The number of piperazine rings is 1. The lowest BCUT2D eigenvalue weighted by Crippen LogP contribution is -2.47. The molecule has 1 aliphatic heterocycles. The van der Waals surface area contributed by atoms with Crippen molar-refractivity contribution in [2.75, 3.05) is 50.0 Å². The Morgan fingerprint density at radius 1 is 1.12 bits per heavy atom. The topological polar surface area (TPSA) is 162 Å². The molecular formula is C25H25F2N9O5. The molecule has 0 unspecified atom stereocenters. The number of ether oxygens (including phenoxy) is 1. The number of nitrogens with zero attached hydrogens (tertiary/aromatic N) is 8. The second-order valence-corrected chi connectivity index (χ2v) is 9.50. The van der Waals surface area contributed by atoms with Gasteiger partial charge in [0.1, 0.15) is 5.52 Å². The van der Waals surface area contributed by atoms with E-state index in [1.54, 1.807) is 24.1 Å². The van der Waals surface area contributed by atoms with Crippen LogP contribution in [0.1, 0.15) is 0 Å². The van der Waals surface area contributed by atoms with E-state index >= 15 is 0 Å². The number of nitrogens with two attached hydrogens (primary N) is 1. The summed E-state index contributed by atoms with van der Waals surface area (Å²) in [4.78, 5) is 36.8. The molecule has 0 atom stereocenters. The molecule has 3 N–H and O–H groups in total. The lowest BCUT2D eigenvalue weighted by atomic mass is 10.2. The Balaban J connectivity index is 1.18. The molecular weight excluding hydrogens is 544 g/mol. The van der Waals surface area contributed by atoms with Crippen LogP contribution in [-0.4, -0.2) is 84.0 Å². The third kappa shape index (κ3) is 4.61. The first kappa shape index (κ1) is 26.2. The van der Waals surface area contributed by atoms with Crippen LogP contribution in [0.5, 0.6) is 5.75 Å². The van der Waals surface area contributed by atoms with Gasteiger partial charge in [-0.2, -0.15) is 9.50 Å². The molecule has 214 valence electrons. The number of imidazole rings is 1. The highest BCUT2D eigenvalue weighted by atomic mass is 19.1. The number of hydrogen-bond acceptors (Lipinski definition) is 10. The van der Waals surface area contributed by atoms with Crippen LogP contribution in [0, 0.1) is 11.6 Å². The molecule has 5 heterocycles. The lowest BCUT2D eigenvalue weighted by Gasteiger charge is -2.36. The highest BCUT2D eigenvalue weighted by molar-refractivity contribution is 5.88. The van der Waals surface area contributed by atoms with Gasteiger partial charge in [-0.1, -0.05) is 0 Å². The number of hydrogen-bond donors (Lipinski definition) is 2. The minimum atomic E-state index is -1.34. The Bertz CT molecular complexity index is 1820. The lowest BCUT2D eigenvalue weighted by molar-refractivity contribution is -0.139. The van der Waals surface area contributed by atoms with Crippen molar-refractivity contribution in [3.05, 3.63) is 52.6 Å². The van der Waals surface area contributed by atoms with Crippen LogP contribution >= 0.6 is 0 Å². The summed E-state index contributed by atoms with van der Waals surface area (Å²) in [5.41, 5.74) is 7.25. The Morgan fingerprint density at radius 2 is 1.90 bits per heavy atom. The van der Waals surface area contributed by atoms with E-state index in [1.807, 2.05) is 0 Å². The van der Waals surface area contributed by atoms with Gasteiger partial charge in [0.05, 0.1) is 12.0 Å². The van der Waals surface area contributed by atoms with Gasteiger partial charge >= 0.3 is 11.7 Å². The van der Waals surface area contributed by atoms with E-state index in [-0.39, 0.29) is 17.3 Å². The van der Waals surface area contributed by atoms with E-state index in [0.29, 0.717) is 67.7 Å². The number of aliphatic carboxylic acids is 1. The number of carboxylic acids is 1. The highest BCUT2D eigenvalue weighted by Gasteiger charge is 2.25. The first-order chi connectivity index (χ1) is 19.7. The van der Waals surface area contributed by atoms with Crippen molar-refractivity contribution in [3.63, 3.8) is 0 Å². The number of anilines is 2. The molecule has 6 rings (SSSR count). The maximum Gasteiger partial charge on any atom is 0.341 e. The molecule has 1 aliphatic rings. The summed E-state index contributed by atoms with van der Waals surface area (Å²) in [6.07, 6.45) is 1.51. The molecule has 0 radical (unpaired) electrons. The number of benzene rings is 1. The number of fused-ring (bicyclic) bond motifs is 3. The molecule has 41 heavy (non-hydrogen) atoms. The van der Waals surface area contributed by atoms with Gasteiger partial charge in [0, 0.05) is 46.3 Å². The van der Waals surface area contributed by atoms with Gasteiger partial charge < -0.3 is 24.9 Å². The van der Waals surface area contributed by atoms with Crippen LogP contribution in [0.15, 0.2) is 39.7 Å². The molecule has 0 spiro atoms. The van der Waals surface area contributed by atoms with E-state index in [2.05, 4.69) is 20.0 Å². The van der Waals surface area contributed by atoms with Crippen LogP contribution in [0.25, 0.3) is 28.4 Å². The predicted octanol–water partition coefficient (Wildman–Crippen LogP) is 1.18. The summed E-state index contributed by atoms with van der Waals surface area (Å²) >= 11 is 0. The van der Waals surface area contributed by atoms with E-state index in [4.69, 9.17) is 20.0 Å². The fourth-order valence-corrected chi connectivity index (χ4v) is 4.99. The second kappa shape index (κ2) is 10.2. The molecule has 0 amide bonds. The number of carbonyl (C=O) groups is 1. The molecule has 5 aromatic rings. The van der Waals surface area contributed by atoms with Crippen molar-refractivity contribution in [2.24, 2.45) is 7.05 Å². The molecule has 1 fully saturated rings. The van der Waals surface area contributed by atoms with E-state index in [9.17, 15) is 18.4 Å². The largest absolute Gasteiger partial charge is 0.479 e. The molecule has 0 aliphatic carbocycles. The quantitative estimate of drug-likeness (QED) is 0.276. The maximum atomic E-state index is 15.0. The molecule has 1 aromatic carbocycles. The SMILES string of the molecule is Cn1c(=O)n(CCN2CCN(c3ccc(F)c(OCC(=O)O)c3F)CC2)c2nc(N)n3nc(-c4ccco4)nc3c21. The van der Waals surface area contributed by atoms with Crippen molar-refractivity contribution in [1.29, 1.82) is 0 Å². The number of nitrogen functional groups attached to an aromatic ring is 1. The van der Waals surface area contributed by atoms with Crippen molar-refractivity contribution in [1.82, 2.24) is 33.6 Å². The monoisotopic (exact) mass is 569 g/mol. The number of aryl methyl sites for hydroxylation is 1. The normalized spacial score (nSPS) is 14.4. The van der Waals surface area contributed by atoms with E-state index in [0.717, 1.165) is 6.07 Å². The zero-order valence-electron chi connectivity index (χ0n) is 21.8. The fraction of sp³-hybridized carbons (Fsp3) is 0.320. The zero-order valence-corrected chi connectivity index (χ0v) is 21.8. The van der Waals surface area contributed by atoms with Gasteiger partial charge in [-0.3, -0.25) is 14.0 Å². The van der Waals surface area contributed by atoms with Crippen molar-refractivity contribution < 1.29 is 27.8 Å². The standard InChI is InChI=1S/C25H25F2N9O5/c1-32-19-22(30-24(28)36-23(19)29-21(31-36)16-3-2-12-40-16)35(25(32)39)11-8-33-6-9-34(10-7-33)15-5-4-14(26)20(18(15)27)41-13-17(37)38/h2-5,12H,6-11,13H2,1H3,(H2,28,30)(H,37,38). The summed E-state index contributed by atoms with van der Waals surface area (Å²) in [7, 11) is 1.63. The Morgan fingerprint density at radius 3 is 2.61 bits per heavy atom. The first-order valence-corrected chi connectivity index (χ1v) is 12.7. The van der Waals surface area contributed by atoms with Gasteiger partial charge in [0.25, 0.3) is 0 Å². The van der Waals surface area contributed by atoms with Gasteiger partial charge in [-0.05, 0) is 24.3 Å². The smallest absolute Gasteiger partial charge is 0.341 e. The Kier molecular flexibility index (Phi) is 6.53. The average molecular weight is 570 g/mol. The van der Waals surface area contributed by atoms with Crippen LogP contribution in [-0.2, 0) is 18.4 Å². The third-order valence-electron chi connectivity index (χ3n) is 7.04. The molecule has 0 saturated carbocycles. The highest BCUT2D eigenvalue weighted by Crippen LogP contribution is 2.31. The maximum absolute atomic E-state index is 15.0. The van der Waals surface area contributed by atoms with Crippen LogP contribution < -0.4 is 21.1 Å². The minimum Gasteiger partial charge on any atom is -0.479 e. The Labute approximate surface area is 229 Å². The fourth-order valence-electron chi connectivity index (χ4n) is 4.99. The summed E-state index contributed by atoms with van der Waals surface area (Å²) in [6.45, 7) is 1.89. The summed E-state index contributed by atoms with van der Waals surface area (Å²) < 4.78 is 43.6. The number of rotatable bonds is 8. The minimum absolute atomic E-state index is 0.0683. The number of halogens is 2. The molecule has 4 aromatic heterocycles. The van der Waals surface area contributed by atoms with Gasteiger partial charge in [-0.25, -0.2) is 23.4 Å². The average Bonchev–Trinajstić information content (AvgIpc) is 3.68. The summed E-state index contributed by atoms with van der Waals surface area (Å²) in [6, 6.07) is 5.80. The molecule has 1 saturated heterocycles. The second-order valence-electron chi connectivity index (χ2n) is 9.50. The summed E-state index contributed by atoms with van der Waals surface area (Å²) in [5, 5.41) is 13.2. The van der Waals surface area contributed by atoms with Crippen LogP contribution in [0.4, 0.5) is 20.4 Å². The van der Waals surface area contributed by atoms with Crippen LogP contribution in [0.2, 0.25) is 0 Å². The summed E-state index contributed by atoms with van der Waals surface area (Å²) in [5.74, 6) is -3.13. The van der Waals surface area contributed by atoms with Crippen molar-refractivity contribution >= 4 is 34.4 Å². The van der Waals surface area contributed by atoms with Crippen molar-refractivity contribution in [2.45, 2.75) is 6.54 Å². The van der Waals surface area contributed by atoms with Gasteiger partial charge in [0.2, 0.25) is 11.8 Å². The van der Waals surface area contributed by atoms with E-state index < -0.39 is 30.0 Å². The van der Waals surface area contributed by atoms with Crippen LogP contribution in [0.3, 0.4) is 0 Å². The number of aromatic nitrogens is 6. The third-order valence-corrected chi connectivity index (χ3v) is 7.04. The number of furan rings is 1.